The highest BCUT2D eigenvalue weighted by Crippen LogP contribution is 2.24. The fourth-order valence-corrected chi connectivity index (χ4v) is 2.69. The largest absolute Gasteiger partial charge is 0.364 e. The second kappa shape index (κ2) is 6.00. The van der Waals surface area contributed by atoms with Crippen LogP contribution < -0.4 is 11.5 Å². The molecule has 2 rings (SSSR count). The number of rotatable bonds is 3. The van der Waals surface area contributed by atoms with Crippen molar-refractivity contribution in [1.82, 2.24) is 9.88 Å². The van der Waals surface area contributed by atoms with Gasteiger partial charge < -0.3 is 16.4 Å². The van der Waals surface area contributed by atoms with Crippen LogP contribution in [0.1, 0.15) is 40.6 Å². The van der Waals surface area contributed by atoms with Crippen molar-refractivity contribution >= 4 is 11.8 Å². The Bertz CT molecular complexity index is 500. The third-order valence-electron chi connectivity index (χ3n) is 3.88. The van der Waals surface area contributed by atoms with Gasteiger partial charge in [0.25, 0.3) is 11.8 Å². The van der Waals surface area contributed by atoms with Crippen molar-refractivity contribution in [3.05, 3.63) is 29.6 Å². The van der Waals surface area contributed by atoms with Crippen LogP contribution >= 0.6 is 0 Å². The predicted octanol–water partition coefficient (Wildman–Crippen LogP) is 0.380. The van der Waals surface area contributed by atoms with Crippen molar-refractivity contribution in [2.24, 2.45) is 17.4 Å². The van der Waals surface area contributed by atoms with Crippen LogP contribution in [0.15, 0.2) is 18.3 Å². The van der Waals surface area contributed by atoms with E-state index in [1.807, 2.05) is 4.90 Å². The fourth-order valence-electron chi connectivity index (χ4n) is 2.69. The van der Waals surface area contributed by atoms with Gasteiger partial charge in [0, 0.05) is 25.3 Å². The lowest BCUT2D eigenvalue weighted by atomic mass is 9.90. The molecule has 0 spiro atoms. The van der Waals surface area contributed by atoms with Gasteiger partial charge in [-0.05, 0) is 30.9 Å². The Morgan fingerprint density at radius 2 is 2.20 bits per heavy atom. The quantitative estimate of drug-likeness (QED) is 0.833. The number of aromatic nitrogens is 1. The molecule has 1 aliphatic heterocycles. The Labute approximate surface area is 118 Å². The van der Waals surface area contributed by atoms with E-state index in [0.717, 1.165) is 12.8 Å². The molecular formula is C14H20N4O2. The van der Waals surface area contributed by atoms with Crippen molar-refractivity contribution in [2.75, 3.05) is 13.1 Å². The maximum atomic E-state index is 12.5. The molecule has 1 aromatic rings. The van der Waals surface area contributed by atoms with E-state index < -0.39 is 5.91 Å². The summed E-state index contributed by atoms with van der Waals surface area (Å²) in [5.41, 5.74) is 11.5. The monoisotopic (exact) mass is 276 g/mol. The maximum Gasteiger partial charge on any atom is 0.267 e. The third-order valence-corrected chi connectivity index (χ3v) is 3.88. The van der Waals surface area contributed by atoms with E-state index in [0.29, 0.717) is 24.6 Å². The number of hydrogen-bond donors (Lipinski definition) is 2. The number of nitrogens with two attached hydrogens (primary N) is 2. The summed E-state index contributed by atoms with van der Waals surface area (Å²) in [6.45, 7) is 3.29. The zero-order valence-corrected chi connectivity index (χ0v) is 11.6. The Hall–Kier alpha value is -1.95. The van der Waals surface area contributed by atoms with Gasteiger partial charge in [-0.2, -0.15) is 0 Å². The number of pyridine rings is 1. The first-order valence-corrected chi connectivity index (χ1v) is 6.81. The van der Waals surface area contributed by atoms with Crippen molar-refractivity contribution in [3.8, 4) is 0 Å². The molecule has 0 radical (unpaired) electrons. The van der Waals surface area contributed by atoms with Crippen LogP contribution in [0.2, 0.25) is 0 Å². The van der Waals surface area contributed by atoms with E-state index in [2.05, 4.69) is 11.9 Å². The lowest BCUT2D eigenvalue weighted by molar-refractivity contribution is 0.0532. The van der Waals surface area contributed by atoms with Crippen molar-refractivity contribution in [1.29, 1.82) is 0 Å². The molecule has 1 saturated heterocycles. The number of carbonyl (C=O) groups is 2. The van der Waals surface area contributed by atoms with Crippen LogP contribution in [-0.2, 0) is 0 Å². The first-order valence-electron chi connectivity index (χ1n) is 6.81. The van der Waals surface area contributed by atoms with Gasteiger partial charge in [-0.25, -0.2) is 0 Å². The van der Waals surface area contributed by atoms with Gasteiger partial charge in [-0.3, -0.25) is 14.6 Å². The van der Waals surface area contributed by atoms with Crippen molar-refractivity contribution in [2.45, 2.75) is 25.8 Å². The highest BCUT2D eigenvalue weighted by Gasteiger charge is 2.31. The molecular weight excluding hydrogens is 256 g/mol. The second-order valence-electron chi connectivity index (χ2n) is 5.22. The van der Waals surface area contributed by atoms with Crippen LogP contribution in [0.4, 0.5) is 0 Å². The summed E-state index contributed by atoms with van der Waals surface area (Å²) < 4.78 is 0. The molecule has 20 heavy (non-hydrogen) atoms. The van der Waals surface area contributed by atoms with Crippen LogP contribution in [0, 0.1) is 5.92 Å². The summed E-state index contributed by atoms with van der Waals surface area (Å²) in [7, 11) is 0. The molecule has 0 aromatic carbocycles. The Morgan fingerprint density at radius 1 is 1.45 bits per heavy atom. The summed E-state index contributed by atoms with van der Waals surface area (Å²) in [5, 5.41) is 0. The number of nitrogens with zero attached hydrogens (tertiary/aromatic N) is 2. The van der Waals surface area contributed by atoms with E-state index in [1.165, 1.54) is 12.3 Å². The van der Waals surface area contributed by atoms with Gasteiger partial charge in [0.15, 0.2) is 0 Å². The van der Waals surface area contributed by atoms with Gasteiger partial charge in [0.05, 0.1) is 5.56 Å². The van der Waals surface area contributed by atoms with Crippen LogP contribution in [0.3, 0.4) is 0 Å². The first kappa shape index (κ1) is 14.5. The van der Waals surface area contributed by atoms with E-state index in [1.54, 1.807) is 6.07 Å². The third kappa shape index (κ3) is 2.80. The SMILES string of the molecule is C[C@H]1CCCN(C(=O)c2ccc(C(N)=O)nc2)[C@H]1CN. The lowest BCUT2D eigenvalue weighted by Gasteiger charge is -2.39. The molecule has 2 amide bonds. The number of primary amides is 1. The Morgan fingerprint density at radius 3 is 2.75 bits per heavy atom. The Balaban J connectivity index is 2.19. The van der Waals surface area contributed by atoms with Gasteiger partial charge in [0.2, 0.25) is 0 Å². The molecule has 0 unspecified atom stereocenters. The highest BCUT2D eigenvalue weighted by atomic mass is 16.2. The summed E-state index contributed by atoms with van der Waals surface area (Å²) in [6.07, 6.45) is 3.47. The zero-order chi connectivity index (χ0) is 14.7. The van der Waals surface area contributed by atoms with E-state index in [-0.39, 0.29) is 17.6 Å². The molecule has 1 aliphatic rings. The summed E-state index contributed by atoms with van der Waals surface area (Å²) in [4.78, 5) is 29.2. The van der Waals surface area contributed by atoms with E-state index in [9.17, 15) is 9.59 Å². The minimum absolute atomic E-state index is 0.0621. The predicted molar refractivity (Wildman–Crippen MR) is 75.0 cm³/mol. The van der Waals surface area contributed by atoms with Crippen LogP contribution in [0.25, 0.3) is 0 Å². The molecule has 2 atom stereocenters. The molecule has 2 heterocycles. The molecule has 108 valence electrons. The molecule has 0 aliphatic carbocycles. The minimum Gasteiger partial charge on any atom is -0.364 e. The van der Waals surface area contributed by atoms with Crippen molar-refractivity contribution < 1.29 is 9.59 Å². The summed E-state index contributed by atoms with van der Waals surface area (Å²) >= 11 is 0. The number of likely N-dealkylation sites (tertiary alicyclic amines) is 1. The second-order valence-corrected chi connectivity index (χ2v) is 5.22. The normalized spacial score (nSPS) is 22.6. The molecule has 4 N–H and O–H groups in total. The first-order chi connectivity index (χ1) is 9.54. The Kier molecular flexibility index (Phi) is 4.34. The van der Waals surface area contributed by atoms with Gasteiger partial charge >= 0.3 is 0 Å². The van der Waals surface area contributed by atoms with E-state index in [4.69, 9.17) is 11.5 Å². The average molecular weight is 276 g/mol. The number of carbonyl (C=O) groups excluding carboxylic acids is 2. The molecule has 6 nitrogen and oxygen atoms in total. The molecule has 1 fully saturated rings. The van der Waals surface area contributed by atoms with Crippen molar-refractivity contribution in [3.63, 3.8) is 0 Å². The molecule has 6 heteroatoms. The average Bonchev–Trinajstić information content (AvgIpc) is 2.46. The maximum absolute atomic E-state index is 12.5. The fraction of sp³-hybridized carbons (Fsp3) is 0.500. The molecule has 0 bridgehead atoms. The smallest absolute Gasteiger partial charge is 0.267 e. The minimum atomic E-state index is -0.601. The number of hydrogen-bond acceptors (Lipinski definition) is 4. The van der Waals surface area contributed by atoms with Crippen LogP contribution in [0.5, 0.6) is 0 Å². The lowest BCUT2D eigenvalue weighted by Crippen LogP contribution is -2.51. The number of amides is 2. The van der Waals surface area contributed by atoms with Gasteiger partial charge in [-0.15, -0.1) is 0 Å². The topological polar surface area (TPSA) is 102 Å². The summed E-state index contributed by atoms with van der Waals surface area (Å²) in [5.74, 6) is -0.290. The summed E-state index contributed by atoms with van der Waals surface area (Å²) in [6, 6.07) is 3.12. The highest BCUT2D eigenvalue weighted by molar-refractivity contribution is 5.96. The molecule has 0 saturated carbocycles. The molecule has 1 aromatic heterocycles. The van der Waals surface area contributed by atoms with Gasteiger partial charge in [-0.1, -0.05) is 6.92 Å². The van der Waals surface area contributed by atoms with Gasteiger partial charge in [0.1, 0.15) is 5.69 Å². The van der Waals surface area contributed by atoms with E-state index >= 15 is 0 Å². The van der Waals surface area contributed by atoms with Crippen LogP contribution in [-0.4, -0.2) is 40.8 Å². The number of piperidine rings is 1. The standard InChI is InChI=1S/C14H20N4O2/c1-9-3-2-6-18(12(9)7-15)14(20)10-4-5-11(13(16)19)17-8-10/h4-5,8-9,12H,2-3,6-7,15H2,1H3,(H2,16,19)/t9-,12-/m0/s1. The zero-order valence-electron chi connectivity index (χ0n) is 11.6.